The highest BCUT2D eigenvalue weighted by atomic mass is 32.1. The average molecular weight is 275 g/mol. The second-order valence-corrected chi connectivity index (χ2v) is 5.56. The van der Waals surface area contributed by atoms with Gasteiger partial charge in [-0.15, -0.1) is 11.3 Å². The van der Waals surface area contributed by atoms with E-state index in [4.69, 9.17) is 4.74 Å². The molecule has 0 bridgehead atoms. The summed E-state index contributed by atoms with van der Waals surface area (Å²) in [6.45, 7) is 4.35. The van der Waals surface area contributed by atoms with Crippen molar-refractivity contribution in [1.29, 1.82) is 0 Å². The largest absolute Gasteiger partial charge is 0.497 e. The van der Waals surface area contributed by atoms with Crippen molar-refractivity contribution < 1.29 is 4.74 Å². The fourth-order valence-electron chi connectivity index (χ4n) is 2.42. The van der Waals surface area contributed by atoms with Gasteiger partial charge >= 0.3 is 0 Å². The summed E-state index contributed by atoms with van der Waals surface area (Å²) in [7, 11) is 3.73. The van der Waals surface area contributed by atoms with Crippen LogP contribution in [0.25, 0.3) is 0 Å². The van der Waals surface area contributed by atoms with Gasteiger partial charge < -0.3 is 10.1 Å². The van der Waals surface area contributed by atoms with Crippen molar-refractivity contribution in [2.75, 3.05) is 14.2 Å². The van der Waals surface area contributed by atoms with Gasteiger partial charge in [-0.3, -0.25) is 0 Å². The van der Waals surface area contributed by atoms with Crippen LogP contribution in [0.3, 0.4) is 0 Å². The maximum Gasteiger partial charge on any atom is 0.119 e. The van der Waals surface area contributed by atoms with Crippen molar-refractivity contribution in [3.8, 4) is 5.75 Å². The van der Waals surface area contributed by atoms with Gasteiger partial charge in [0.05, 0.1) is 13.2 Å². The van der Waals surface area contributed by atoms with Crippen LogP contribution in [0.2, 0.25) is 0 Å². The maximum absolute atomic E-state index is 5.28. The molecule has 0 fully saturated rings. The third-order valence-corrected chi connectivity index (χ3v) is 4.52. The molecule has 1 aromatic heterocycles. The van der Waals surface area contributed by atoms with Crippen molar-refractivity contribution in [2.24, 2.45) is 0 Å². The number of thiophene rings is 1. The molecule has 19 heavy (non-hydrogen) atoms. The first-order valence-corrected chi connectivity index (χ1v) is 7.47. The summed E-state index contributed by atoms with van der Waals surface area (Å²) < 4.78 is 5.28. The quantitative estimate of drug-likeness (QED) is 0.892. The molecule has 1 unspecified atom stereocenters. The average Bonchev–Trinajstić information content (AvgIpc) is 2.89. The van der Waals surface area contributed by atoms with Gasteiger partial charge in [0.25, 0.3) is 0 Å². The lowest BCUT2D eigenvalue weighted by atomic mass is 9.97. The van der Waals surface area contributed by atoms with Crippen LogP contribution >= 0.6 is 11.3 Å². The van der Waals surface area contributed by atoms with Gasteiger partial charge in [-0.05, 0) is 60.7 Å². The Balaban J connectivity index is 2.42. The Morgan fingerprint density at radius 2 is 2.11 bits per heavy atom. The van der Waals surface area contributed by atoms with Gasteiger partial charge in [0.15, 0.2) is 0 Å². The summed E-state index contributed by atoms with van der Waals surface area (Å²) in [6, 6.07) is 8.78. The number of hydrogen-bond donors (Lipinski definition) is 1. The summed E-state index contributed by atoms with van der Waals surface area (Å²) in [5, 5.41) is 5.62. The highest BCUT2D eigenvalue weighted by Gasteiger charge is 2.18. The number of aryl methyl sites for hydroxylation is 2. The van der Waals surface area contributed by atoms with E-state index in [0.29, 0.717) is 0 Å². The first kappa shape index (κ1) is 14.1. The van der Waals surface area contributed by atoms with Gasteiger partial charge in [-0.25, -0.2) is 0 Å². The highest BCUT2D eigenvalue weighted by Crippen LogP contribution is 2.32. The third-order valence-electron chi connectivity index (χ3n) is 3.50. The van der Waals surface area contributed by atoms with E-state index < -0.39 is 0 Å². The first-order valence-electron chi connectivity index (χ1n) is 6.59. The molecule has 102 valence electrons. The molecule has 1 aromatic carbocycles. The lowest BCUT2D eigenvalue weighted by Crippen LogP contribution is -2.18. The third kappa shape index (κ3) is 2.82. The van der Waals surface area contributed by atoms with Crippen molar-refractivity contribution in [3.05, 3.63) is 51.2 Å². The molecule has 1 atom stereocenters. The molecule has 1 N–H and O–H groups in total. The van der Waals surface area contributed by atoms with Crippen LogP contribution < -0.4 is 10.1 Å². The minimum absolute atomic E-state index is 0.265. The van der Waals surface area contributed by atoms with Crippen LogP contribution in [0.4, 0.5) is 0 Å². The van der Waals surface area contributed by atoms with Crippen molar-refractivity contribution >= 4 is 11.3 Å². The van der Waals surface area contributed by atoms with E-state index in [2.05, 4.69) is 42.7 Å². The molecule has 0 amide bonds. The van der Waals surface area contributed by atoms with Crippen LogP contribution in [0.5, 0.6) is 5.75 Å². The zero-order valence-electron chi connectivity index (χ0n) is 12.0. The number of methoxy groups -OCH3 is 1. The van der Waals surface area contributed by atoms with Gasteiger partial charge in [0, 0.05) is 4.88 Å². The Hall–Kier alpha value is -1.32. The lowest BCUT2D eigenvalue weighted by Gasteiger charge is -2.20. The zero-order valence-corrected chi connectivity index (χ0v) is 12.8. The van der Waals surface area contributed by atoms with E-state index in [0.717, 1.165) is 12.2 Å². The second kappa shape index (κ2) is 6.22. The molecule has 0 radical (unpaired) electrons. The molecule has 2 nitrogen and oxygen atoms in total. The van der Waals surface area contributed by atoms with Gasteiger partial charge in [0.1, 0.15) is 5.75 Å². The van der Waals surface area contributed by atoms with E-state index >= 15 is 0 Å². The molecule has 0 aliphatic carbocycles. The molecule has 2 aromatic rings. The van der Waals surface area contributed by atoms with Crippen LogP contribution in [-0.4, -0.2) is 14.2 Å². The minimum atomic E-state index is 0.265. The first-order chi connectivity index (χ1) is 9.21. The Morgan fingerprint density at radius 1 is 1.32 bits per heavy atom. The molecule has 0 saturated carbocycles. The molecule has 0 saturated heterocycles. The smallest absolute Gasteiger partial charge is 0.119 e. The number of nitrogens with one attached hydrogen (secondary N) is 1. The molecular weight excluding hydrogens is 254 g/mol. The molecule has 0 aliphatic heterocycles. The standard InChI is InChI=1S/C16H21NOS/c1-5-12-8-9-19-16(12)15(17-3)14-7-6-13(18-4)10-11(14)2/h6-10,15,17H,5H2,1-4H3. The summed E-state index contributed by atoms with van der Waals surface area (Å²) in [6.07, 6.45) is 1.08. The molecule has 3 heteroatoms. The van der Waals surface area contributed by atoms with Crippen LogP contribution in [-0.2, 0) is 6.42 Å². The zero-order chi connectivity index (χ0) is 13.8. The molecule has 1 heterocycles. The molecular formula is C16H21NOS. The molecule has 0 aliphatic rings. The lowest BCUT2D eigenvalue weighted by molar-refractivity contribution is 0.414. The molecule has 2 rings (SSSR count). The van der Waals surface area contributed by atoms with Crippen molar-refractivity contribution in [1.82, 2.24) is 5.32 Å². The van der Waals surface area contributed by atoms with E-state index in [1.54, 1.807) is 7.11 Å². The predicted molar refractivity (Wildman–Crippen MR) is 82.3 cm³/mol. The van der Waals surface area contributed by atoms with Gasteiger partial charge in [0.2, 0.25) is 0 Å². The number of hydrogen-bond acceptors (Lipinski definition) is 3. The normalized spacial score (nSPS) is 12.4. The maximum atomic E-state index is 5.28. The van der Waals surface area contributed by atoms with Crippen LogP contribution in [0, 0.1) is 6.92 Å². The predicted octanol–water partition coefficient (Wildman–Crippen LogP) is 3.94. The van der Waals surface area contributed by atoms with Crippen molar-refractivity contribution in [3.63, 3.8) is 0 Å². The van der Waals surface area contributed by atoms with E-state index in [9.17, 15) is 0 Å². The Labute approximate surface area is 119 Å². The van der Waals surface area contributed by atoms with Crippen LogP contribution in [0.15, 0.2) is 29.6 Å². The Morgan fingerprint density at radius 3 is 2.68 bits per heavy atom. The van der Waals surface area contributed by atoms with Crippen molar-refractivity contribution in [2.45, 2.75) is 26.3 Å². The van der Waals surface area contributed by atoms with E-state index in [-0.39, 0.29) is 6.04 Å². The van der Waals surface area contributed by atoms with E-state index in [1.807, 2.05) is 24.5 Å². The summed E-state index contributed by atoms with van der Waals surface area (Å²) in [5.74, 6) is 0.915. The summed E-state index contributed by atoms with van der Waals surface area (Å²) in [5.41, 5.74) is 4.01. The fraction of sp³-hybridized carbons (Fsp3) is 0.375. The number of rotatable bonds is 5. The molecule has 0 spiro atoms. The highest BCUT2D eigenvalue weighted by molar-refractivity contribution is 7.10. The summed E-state index contributed by atoms with van der Waals surface area (Å²) >= 11 is 1.83. The fourth-order valence-corrected chi connectivity index (χ4v) is 3.54. The SMILES string of the molecule is CCc1ccsc1C(NC)c1ccc(OC)cc1C. The second-order valence-electron chi connectivity index (χ2n) is 4.61. The monoisotopic (exact) mass is 275 g/mol. The minimum Gasteiger partial charge on any atom is -0.497 e. The van der Waals surface area contributed by atoms with E-state index in [1.165, 1.54) is 21.6 Å². The topological polar surface area (TPSA) is 21.3 Å². The van der Waals surface area contributed by atoms with Crippen LogP contribution in [0.1, 0.15) is 34.5 Å². The Bertz CT molecular complexity index is 547. The van der Waals surface area contributed by atoms with Gasteiger partial charge in [-0.1, -0.05) is 13.0 Å². The number of ether oxygens (including phenoxy) is 1. The number of benzene rings is 1. The Kier molecular flexibility index (Phi) is 4.61. The van der Waals surface area contributed by atoms with Gasteiger partial charge in [-0.2, -0.15) is 0 Å². The summed E-state index contributed by atoms with van der Waals surface area (Å²) in [4.78, 5) is 1.42.